The largest absolute Gasteiger partial charge is 0.360 e. The Labute approximate surface area is 121 Å². The average Bonchev–Trinajstić information content (AvgIpc) is 2.86. The van der Waals surface area contributed by atoms with Crippen molar-refractivity contribution in [1.82, 2.24) is 4.98 Å². The van der Waals surface area contributed by atoms with Crippen LogP contribution >= 0.6 is 15.9 Å². The van der Waals surface area contributed by atoms with Gasteiger partial charge in [-0.2, -0.15) is 0 Å². The second-order valence-electron chi connectivity index (χ2n) is 4.32. The Balaban J connectivity index is 2.15. The number of carbonyl (C=O) groups is 1. The van der Waals surface area contributed by atoms with E-state index in [4.69, 9.17) is 0 Å². The first-order chi connectivity index (χ1) is 9.58. The number of carbonyl (C=O) groups excluding carboxylic acids is 1. The summed E-state index contributed by atoms with van der Waals surface area (Å²) in [6.07, 6.45) is 1.47. The number of benzene rings is 2. The van der Waals surface area contributed by atoms with Crippen LogP contribution in [-0.4, -0.2) is 10.8 Å². The van der Waals surface area contributed by atoms with Gasteiger partial charge >= 0.3 is 0 Å². The van der Waals surface area contributed by atoms with E-state index >= 15 is 0 Å². The van der Waals surface area contributed by atoms with Gasteiger partial charge in [-0.15, -0.1) is 0 Å². The van der Waals surface area contributed by atoms with Crippen molar-refractivity contribution in [2.75, 3.05) is 0 Å². The lowest BCUT2D eigenvalue weighted by atomic mass is 10.0. The van der Waals surface area contributed by atoms with Crippen LogP contribution in [0.15, 0.2) is 47.1 Å². The fourth-order valence-electron chi connectivity index (χ4n) is 2.11. The summed E-state index contributed by atoms with van der Waals surface area (Å²) in [4.78, 5) is 15.3. The number of nitrogens with one attached hydrogen (secondary N) is 1. The molecule has 0 aliphatic rings. The van der Waals surface area contributed by atoms with E-state index in [0.29, 0.717) is 11.1 Å². The lowest BCUT2D eigenvalue weighted by Crippen LogP contribution is -2.01. The maximum atomic E-state index is 13.9. The number of hydrogen-bond acceptors (Lipinski definition) is 1. The highest BCUT2D eigenvalue weighted by molar-refractivity contribution is 9.10. The molecule has 0 unspecified atom stereocenters. The maximum absolute atomic E-state index is 13.9. The first kappa shape index (κ1) is 13.0. The van der Waals surface area contributed by atoms with Gasteiger partial charge in [-0.3, -0.25) is 4.79 Å². The molecule has 3 rings (SSSR count). The van der Waals surface area contributed by atoms with Gasteiger partial charge in [0, 0.05) is 22.7 Å². The Kier molecular flexibility index (Phi) is 3.14. The summed E-state index contributed by atoms with van der Waals surface area (Å²) in [5.41, 5.74) is 1.08. The van der Waals surface area contributed by atoms with Crippen molar-refractivity contribution in [2.24, 2.45) is 0 Å². The van der Waals surface area contributed by atoms with Crippen molar-refractivity contribution >= 4 is 32.6 Å². The monoisotopic (exact) mass is 335 g/mol. The van der Waals surface area contributed by atoms with Crippen LogP contribution in [0.4, 0.5) is 8.78 Å². The number of aromatic amines is 1. The van der Waals surface area contributed by atoms with Crippen molar-refractivity contribution in [2.45, 2.75) is 0 Å². The lowest BCUT2D eigenvalue weighted by Gasteiger charge is -2.02. The summed E-state index contributed by atoms with van der Waals surface area (Å²) in [7, 11) is 0. The minimum atomic E-state index is -0.465. The van der Waals surface area contributed by atoms with Gasteiger partial charge in [-0.25, -0.2) is 8.78 Å². The number of rotatable bonds is 2. The van der Waals surface area contributed by atoms with Gasteiger partial charge in [0.15, 0.2) is 5.78 Å². The summed E-state index contributed by atoms with van der Waals surface area (Å²) < 4.78 is 27.3. The summed E-state index contributed by atoms with van der Waals surface area (Å²) >= 11 is 3.03. The highest BCUT2D eigenvalue weighted by Crippen LogP contribution is 2.25. The fraction of sp³-hybridized carbons (Fsp3) is 0. The van der Waals surface area contributed by atoms with Crippen LogP contribution in [0.3, 0.4) is 0 Å². The quantitative estimate of drug-likeness (QED) is 0.690. The van der Waals surface area contributed by atoms with E-state index < -0.39 is 11.6 Å². The van der Waals surface area contributed by atoms with E-state index in [2.05, 4.69) is 20.9 Å². The number of halogens is 3. The lowest BCUT2D eigenvalue weighted by molar-refractivity contribution is 0.104. The Morgan fingerprint density at radius 3 is 2.65 bits per heavy atom. The highest BCUT2D eigenvalue weighted by atomic mass is 79.9. The Bertz CT molecular complexity index is 826. The van der Waals surface area contributed by atoms with Crippen molar-refractivity contribution < 1.29 is 13.6 Å². The van der Waals surface area contributed by atoms with Gasteiger partial charge in [-0.05, 0) is 46.3 Å². The summed E-state index contributed by atoms with van der Waals surface area (Å²) in [5, 5.41) is 0.248. The molecule has 0 spiro atoms. The number of fused-ring (bicyclic) bond motifs is 1. The van der Waals surface area contributed by atoms with Crippen molar-refractivity contribution in [1.29, 1.82) is 0 Å². The Hall–Kier alpha value is -2.01. The molecule has 0 saturated carbocycles. The number of aromatic nitrogens is 1. The third kappa shape index (κ3) is 2.04. The van der Waals surface area contributed by atoms with E-state index in [1.165, 1.54) is 30.5 Å². The molecule has 0 fully saturated rings. The number of ketones is 1. The molecule has 0 bridgehead atoms. The van der Waals surface area contributed by atoms with E-state index in [9.17, 15) is 13.6 Å². The standard InChI is InChI=1S/C15H8BrF2NO/c16-10-6-8(4-5-11(10)17)15(20)9-7-19-13-3-1-2-12(18)14(9)13/h1-7,19H. The van der Waals surface area contributed by atoms with Gasteiger partial charge in [0.05, 0.1) is 10.0 Å². The first-order valence-electron chi connectivity index (χ1n) is 5.83. The summed E-state index contributed by atoms with van der Waals surface area (Å²) in [6.45, 7) is 0. The number of H-pyrrole nitrogens is 1. The molecule has 2 aromatic carbocycles. The van der Waals surface area contributed by atoms with E-state index in [0.717, 1.165) is 0 Å². The molecule has 3 aromatic rings. The van der Waals surface area contributed by atoms with E-state index in [-0.39, 0.29) is 21.2 Å². The second-order valence-corrected chi connectivity index (χ2v) is 5.18. The van der Waals surface area contributed by atoms with Gasteiger partial charge < -0.3 is 4.98 Å². The molecule has 0 aliphatic heterocycles. The van der Waals surface area contributed by atoms with Crippen LogP contribution in [0.5, 0.6) is 0 Å². The molecule has 20 heavy (non-hydrogen) atoms. The maximum Gasteiger partial charge on any atom is 0.195 e. The molecule has 1 heterocycles. The molecule has 100 valence electrons. The first-order valence-corrected chi connectivity index (χ1v) is 6.62. The fourth-order valence-corrected chi connectivity index (χ4v) is 2.49. The molecule has 0 aliphatic carbocycles. The third-order valence-corrected chi connectivity index (χ3v) is 3.69. The molecule has 0 radical (unpaired) electrons. The zero-order chi connectivity index (χ0) is 14.3. The van der Waals surface area contributed by atoms with Gasteiger partial charge in [0.1, 0.15) is 11.6 Å². The predicted octanol–water partition coefficient (Wildman–Crippen LogP) is 4.44. The molecule has 1 N–H and O–H groups in total. The molecular weight excluding hydrogens is 328 g/mol. The van der Waals surface area contributed by atoms with Crippen LogP contribution < -0.4 is 0 Å². The Morgan fingerprint density at radius 2 is 1.90 bits per heavy atom. The van der Waals surface area contributed by atoms with Crippen molar-refractivity contribution in [3.05, 3.63) is 69.8 Å². The molecule has 0 saturated heterocycles. The van der Waals surface area contributed by atoms with Crippen molar-refractivity contribution in [3.8, 4) is 0 Å². The van der Waals surface area contributed by atoms with Gasteiger partial charge in [-0.1, -0.05) is 6.07 Å². The smallest absolute Gasteiger partial charge is 0.195 e. The number of hydrogen-bond donors (Lipinski definition) is 1. The van der Waals surface area contributed by atoms with Crippen LogP contribution in [-0.2, 0) is 0 Å². The molecule has 0 atom stereocenters. The van der Waals surface area contributed by atoms with E-state index in [1.807, 2.05) is 0 Å². The SMILES string of the molecule is O=C(c1ccc(F)c(Br)c1)c1c[nH]c2cccc(F)c12. The zero-order valence-corrected chi connectivity index (χ0v) is 11.7. The summed E-state index contributed by atoms with van der Waals surface area (Å²) in [5.74, 6) is -1.28. The van der Waals surface area contributed by atoms with Crippen LogP contribution in [0, 0.1) is 11.6 Å². The molecule has 2 nitrogen and oxygen atoms in total. The van der Waals surface area contributed by atoms with Gasteiger partial charge in [0.25, 0.3) is 0 Å². The highest BCUT2D eigenvalue weighted by Gasteiger charge is 2.17. The molecule has 0 amide bonds. The topological polar surface area (TPSA) is 32.9 Å². The molecular formula is C15H8BrF2NO. The van der Waals surface area contributed by atoms with Gasteiger partial charge in [0.2, 0.25) is 0 Å². The minimum Gasteiger partial charge on any atom is -0.360 e. The zero-order valence-electron chi connectivity index (χ0n) is 10.1. The summed E-state index contributed by atoms with van der Waals surface area (Å²) in [6, 6.07) is 8.52. The normalized spacial score (nSPS) is 10.9. The Morgan fingerprint density at radius 1 is 1.10 bits per heavy atom. The third-order valence-electron chi connectivity index (χ3n) is 3.08. The van der Waals surface area contributed by atoms with Crippen LogP contribution in [0.25, 0.3) is 10.9 Å². The second kappa shape index (κ2) is 4.83. The van der Waals surface area contributed by atoms with Crippen LogP contribution in [0.2, 0.25) is 0 Å². The van der Waals surface area contributed by atoms with Crippen LogP contribution in [0.1, 0.15) is 15.9 Å². The minimum absolute atomic E-state index is 0.198. The van der Waals surface area contributed by atoms with Crippen molar-refractivity contribution in [3.63, 3.8) is 0 Å². The van der Waals surface area contributed by atoms with E-state index in [1.54, 1.807) is 12.1 Å². The molecule has 1 aromatic heterocycles. The predicted molar refractivity (Wildman–Crippen MR) is 75.8 cm³/mol. The average molecular weight is 336 g/mol. The molecule has 5 heteroatoms.